The first-order valence-corrected chi connectivity index (χ1v) is 5.97. The van der Waals surface area contributed by atoms with E-state index < -0.39 is 0 Å². The number of allylic oxidation sites excluding steroid dienone is 2. The van der Waals surface area contributed by atoms with Gasteiger partial charge >= 0.3 is 0 Å². The number of halogens is 1. The van der Waals surface area contributed by atoms with Crippen molar-refractivity contribution in [3.05, 3.63) is 24.3 Å². The molecule has 0 bridgehead atoms. The highest BCUT2D eigenvalue weighted by molar-refractivity contribution is 9.10. The Bertz CT molecular complexity index is 254. The lowest BCUT2D eigenvalue weighted by atomic mass is 10.1. The van der Waals surface area contributed by atoms with Crippen molar-refractivity contribution in [3.8, 4) is 0 Å². The van der Waals surface area contributed by atoms with Gasteiger partial charge in [0.1, 0.15) is 0 Å². The lowest BCUT2D eigenvalue weighted by Gasteiger charge is -2.42. The maximum absolute atomic E-state index is 3.85. The predicted octanol–water partition coefficient (Wildman–Crippen LogP) is 1.84. The third kappa shape index (κ3) is 2.10. The fraction of sp³-hybridized carbons (Fsp3) is 0.636. The van der Waals surface area contributed by atoms with Crippen molar-refractivity contribution in [2.45, 2.75) is 10.9 Å². The first-order chi connectivity index (χ1) is 6.71. The Balaban J connectivity index is 2.00. The minimum Gasteiger partial charge on any atom is -0.304 e. The SMILES string of the molecule is CN1CCN(C2(Br)C=CC=CC2)CC1. The molecule has 1 aliphatic carbocycles. The highest BCUT2D eigenvalue weighted by Crippen LogP contribution is 2.32. The maximum Gasteiger partial charge on any atom is 0.0990 e. The van der Waals surface area contributed by atoms with Gasteiger partial charge in [0, 0.05) is 26.2 Å². The van der Waals surface area contributed by atoms with Crippen molar-refractivity contribution in [2.24, 2.45) is 0 Å². The van der Waals surface area contributed by atoms with Crippen LogP contribution in [0.15, 0.2) is 24.3 Å². The highest BCUT2D eigenvalue weighted by atomic mass is 79.9. The van der Waals surface area contributed by atoms with Crippen molar-refractivity contribution < 1.29 is 0 Å². The molecule has 2 rings (SSSR count). The van der Waals surface area contributed by atoms with Crippen LogP contribution in [0.25, 0.3) is 0 Å². The van der Waals surface area contributed by atoms with Crippen LogP contribution in [0.5, 0.6) is 0 Å². The molecule has 0 saturated carbocycles. The van der Waals surface area contributed by atoms with Crippen molar-refractivity contribution >= 4 is 15.9 Å². The van der Waals surface area contributed by atoms with Crippen LogP contribution in [0.3, 0.4) is 0 Å². The Labute approximate surface area is 94.4 Å². The quantitative estimate of drug-likeness (QED) is 0.522. The number of hydrogen-bond donors (Lipinski definition) is 0. The van der Waals surface area contributed by atoms with E-state index in [0.717, 1.165) is 19.5 Å². The maximum atomic E-state index is 3.85. The molecule has 1 atom stereocenters. The second-order valence-corrected chi connectivity index (χ2v) is 5.47. The van der Waals surface area contributed by atoms with Crippen molar-refractivity contribution in [2.75, 3.05) is 33.2 Å². The van der Waals surface area contributed by atoms with E-state index in [1.165, 1.54) is 13.1 Å². The number of rotatable bonds is 1. The van der Waals surface area contributed by atoms with Gasteiger partial charge in [0.15, 0.2) is 0 Å². The molecule has 1 aliphatic heterocycles. The number of hydrogen-bond acceptors (Lipinski definition) is 2. The lowest BCUT2D eigenvalue weighted by molar-refractivity contribution is 0.119. The molecule has 2 nitrogen and oxygen atoms in total. The summed E-state index contributed by atoms with van der Waals surface area (Å²) in [4.78, 5) is 4.90. The summed E-state index contributed by atoms with van der Waals surface area (Å²) < 4.78 is 0.0863. The summed E-state index contributed by atoms with van der Waals surface area (Å²) in [6.07, 6.45) is 9.82. The van der Waals surface area contributed by atoms with Crippen LogP contribution in [0.4, 0.5) is 0 Å². The summed E-state index contributed by atoms with van der Waals surface area (Å²) in [5.41, 5.74) is 0. The van der Waals surface area contributed by atoms with Gasteiger partial charge < -0.3 is 4.90 Å². The molecule has 3 heteroatoms. The Morgan fingerprint density at radius 1 is 1.14 bits per heavy atom. The summed E-state index contributed by atoms with van der Waals surface area (Å²) in [7, 11) is 2.19. The molecule has 2 aliphatic rings. The third-order valence-electron chi connectivity index (χ3n) is 3.03. The normalized spacial score (nSPS) is 35.0. The Morgan fingerprint density at radius 2 is 1.86 bits per heavy atom. The highest BCUT2D eigenvalue weighted by Gasteiger charge is 2.32. The number of alkyl halides is 1. The number of nitrogens with zero attached hydrogens (tertiary/aromatic N) is 2. The van der Waals surface area contributed by atoms with Crippen LogP contribution in [0.2, 0.25) is 0 Å². The van der Waals surface area contributed by atoms with Gasteiger partial charge in [-0.3, -0.25) is 4.90 Å². The molecule has 0 N–H and O–H groups in total. The average molecular weight is 257 g/mol. The number of piperazine rings is 1. The molecule has 0 amide bonds. The topological polar surface area (TPSA) is 6.48 Å². The van der Waals surface area contributed by atoms with Crippen molar-refractivity contribution in [3.63, 3.8) is 0 Å². The molecule has 0 aromatic rings. The monoisotopic (exact) mass is 256 g/mol. The van der Waals surface area contributed by atoms with Gasteiger partial charge in [-0.1, -0.05) is 40.2 Å². The smallest absolute Gasteiger partial charge is 0.0990 e. The minimum absolute atomic E-state index is 0.0863. The Hall–Kier alpha value is -0.120. The summed E-state index contributed by atoms with van der Waals surface area (Å²) in [6, 6.07) is 0. The molecule has 1 unspecified atom stereocenters. The molecule has 1 fully saturated rings. The summed E-state index contributed by atoms with van der Waals surface area (Å²) in [6.45, 7) is 4.65. The first-order valence-electron chi connectivity index (χ1n) is 5.18. The standard InChI is InChI=1S/C11H17BrN2/c1-13-7-9-14(10-8-13)11(12)5-3-2-4-6-11/h2-5H,6-10H2,1H3. The molecule has 0 aromatic heterocycles. The van der Waals surface area contributed by atoms with Gasteiger partial charge in [0.2, 0.25) is 0 Å². The first kappa shape index (κ1) is 10.4. The van der Waals surface area contributed by atoms with E-state index in [1.807, 2.05) is 0 Å². The van der Waals surface area contributed by atoms with Crippen LogP contribution in [-0.4, -0.2) is 47.5 Å². The molecule has 1 heterocycles. The zero-order valence-corrected chi connectivity index (χ0v) is 10.2. The van der Waals surface area contributed by atoms with Crippen molar-refractivity contribution in [1.82, 2.24) is 9.80 Å². The van der Waals surface area contributed by atoms with Crippen LogP contribution >= 0.6 is 15.9 Å². The molecule has 0 radical (unpaired) electrons. The van der Waals surface area contributed by atoms with E-state index >= 15 is 0 Å². The zero-order valence-electron chi connectivity index (χ0n) is 8.62. The predicted molar refractivity (Wildman–Crippen MR) is 63.6 cm³/mol. The zero-order chi connectivity index (χ0) is 10.0. The van der Waals surface area contributed by atoms with E-state index in [0.29, 0.717) is 0 Å². The van der Waals surface area contributed by atoms with E-state index in [9.17, 15) is 0 Å². The van der Waals surface area contributed by atoms with E-state index in [1.54, 1.807) is 0 Å². The van der Waals surface area contributed by atoms with E-state index in [2.05, 4.69) is 57.1 Å². The van der Waals surface area contributed by atoms with Gasteiger partial charge in [-0.2, -0.15) is 0 Å². The summed E-state index contributed by atoms with van der Waals surface area (Å²) in [5.74, 6) is 0. The van der Waals surface area contributed by atoms with Gasteiger partial charge in [0.05, 0.1) is 4.45 Å². The van der Waals surface area contributed by atoms with Gasteiger partial charge in [0.25, 0.3) is 0 Å². The fourth-order valence-electron chi connectivity index (χ4n) is 2.00. The lowest BCUT2D eigenvalue weighted by Crippen LogP contribution is -2.52. The third-order valence-corrected chi connectivity index (χ3v) is 4.12. The summed E-state index contributed by atoms with van der Waals surface area (Å²) >= 11 is 3.85. The van der Waals surface area contributed by atoms with Crippen molar-refractivity contribution in [1.29, 1.82) is 0 Å². The molecule has 0 spiro atoms. The molecule has 1 saturated heterocycles. The van der Waals surface area contributed by atoms with Crippen LogP contribution in [-0.2, 0) is 0 Å². The van der Waals surface area contributed by atoms with Crippen LogP contribution in [0.1, 0.15) is 6.42 Å². The second kappa shape index (κ2) is 4.17. The average Bonchev–Trinajstić information content (AvgIpc) is 2.19. The van der Waals surface area contributed by atoms with E-state index in [-0.39, 0.29) is 4.45 Å². The van der Waals surface area contributed by atoms with Gasteiger partial charge in [-0.05, 0) is 13.5 Å². The van der Waals surface area contributed by atoms with Gasteiger partial charge in [-0.15, -0.1) is 0 Å². The Kier molecular flexibility index (Phi) is 3.10. The van der Waals surface area contributed by atoms with Crippen LogP contribution in [0, 0.1) is 0 Å². The molecule has 14 heavy (non-hydrogen) atoms. The van der Waals surface area contributed by atoms with Crippen LogP contribution < -0.4 is 0 Å². The molecular weight excluding hydrogens is 240 g/mol. The molecular formula is C11H17BrN2. The summed E-state index contributed by atoms with van der Waals surface area (Å²) in [5, 5.41) is 0. The second-order valence-electron chi connectivity index (χ2n) is 4.10. The largest absolute Gasteiger partial charge is 0.304 e. The van der Waals surface area contributed by atoms with E-state index in [4.69, 9.17) is 0 Å². The Morgan fingerprint density at radius 3 is 2.43 bits per heavy atom. The molecule has 0 aromatic carbocycles. The molecule has 78 valence electrons. The fourth-order valence-corrected chi connectivity index (χ4v) is 2.69. The van der Waals surface area contributed by atoms with Gasteiger partial charge in [-0.25, -0.2) is 0 Å². The number of likely N-dealkylation sites (N-methyl/N-ethyl adjacent to an activating group) is 1. The minimum atomic E-state index is 0.0863.